The van der Waals surface area contributed by atoms with Crippen LogP contribution in [0.3, 0.4) is 0 Å². The number of ether oxygens (including phenoxy) is 1. The molecular weight excluding hydrogens is 310 g/mol. The van der Waals surface area contributed by atoms with Crippen molar-refractivity contribution < 1.29 is 9.53 Å². The average molecular weight is 329 g/mol. The molecule has 1 aromatic carbocycles. The smallest absolute Gasteiger partial charge is 0.323 e. The predicted octanol–water partition coefficient (Wildman–Crippen LogP) is 3.04. The lowest BCUT2D eigenvalue weighted by Crippen LogP contribution is -2.44. The van der Waals surface area contributed by atoms with Crippen molar-refractivity contribution in [2.75, 3.05) is 20.2 Å². The molecule has 1 aliphatic heterocycles. The summed E-state index contributed by atoms with van der Waals surface area (Å²) >= 11 is 0. The van der Waals surface area contributed by atoms with Crippen molar-refractivity contribution >= 4 is 5.97 Å². The molecule has 3 atom stereocenters. The molecule has 9 nitrogen and oxygen atoms in total. The van der Waals surface area contributed by atoms with Gasteiger partial charge in [0.2, 0.25) is 0 Å². The largest absolute Gasteiger partial charge is 0.468 e. The van der Waals surface area contributed by atoms with Crippen LogP contribution in [0.4, 0.5) is 0 Å². The number of likely N-dealkylation sites (tertiary alicyclic amines) is 1. The number of carbonyl (C=O) groups is 1. The molecule has 0 spiro atoms. The Hall–Kier alpha value is -2.73. The highest BCUT2D eigenvalue weighted by Gasteiger charge is 2.44. The zero-order chi connectivity index (χ0) is 17.4. The summed E-state index contributed by atoms with van der Waals surface area (Å²) in [6.45, 7) is 0.983. The third-order valence-electron chi connectivity index (χ3n) is 4.23. The van der Waals surface area contributed by atoms with Crippen LogP contribution in [0.5, 0.6) is 0 Å². The first-order valence-electron chi connectivity index (χ1n) is 7.60. The van der Waals surface area contributed by atoms with E-state index in [2.05, 4.69) is 20.1 Å². The van der Waals surface area contributed by atoms with Gasteiger partial charge >= 0.3 is 5.97 Å². The Balaban J connectivity index is 2.30. The van der Waals surface area contributed by atoms with Crippen LogP contribution >= 0.6 is 0 Å². The lowest BCUT2D eigenvalue weighted by Gasteiger charge is -2.29. The van der Waals surface area contributed by atoms with E-state index < -0.39 is 6.04 Å². The summed E-state index contributed by atoms with van der Waals surface area (Å²) < 4.78 is 4.95. The molecule has 24 heavy (non-hydrogen) atoms. The van der Waals surface area contributed by atoms with Crippen LogP contribution in [0.15, 0.2) is 40.6 Å². The second-order valence-electron chi connectivity index (χ2n) is 5.60. The molecule has 0 N–H and O–H groups in total. The van der Waals surface area contributed by atoms with Gasteiger partial charge in [0.15, 0.2) is 0 Å². The minimum Gasteiger partial charge on any atom is -0.468 e. The van der Waals surface area contributed by atoms with Crippen LogP contribution in [0, 0.1) is 5.92 Å². The molecule has 0 amide bonds. The fourth-order valence-electron chi connectivity index (χ4n) is 3.21. The first-order valence-corrected chi connectivity index (χ1v) is 7.60. The van der Waals surface area contributed by atoms with Crippen molar-refractivity contribution in [3.63, 3.8) is 0 Å². The minimum atomic E-state index is -0.528. The van der Waals surface area contributed by atoms with Crippen LogP contribution in [0.25, 0.3) is 20.9 Å². The van der Waals surface area contributed by atoms with Crippen LogP contribution in [0.1, 0.15) is 12.0 Å². The molecule has 0 radical (unpaired) electrons. The van der Waals surface area contributed by atoms with Crippen molar-refractivity contribution in [3.8, 4) is 0 Å². The Bertz CT molecular complexity index is 653. The van der Waals surface area contributed by atoms with Gasteiger partial charge < -0.3 is 4.74 Å². The first-order chi connectivity index (χ1) is 11.7. The van der Waals surface area contributed by atoms with Crippen molar-refractivity contribution in [2.24, 2.45) is 16.1 Å². The van der Waals surface area contributed by atoms with Crippen molar-refractivity contribution in [1.82, 2.24) is 4.90 Å². The Morgan fingerprint density at radius 3 is 2.54 bits per heavy atom. The number of hydrogen-bond acceptors (Lipinski definition) is 5. The van der Waals surface area contributed by atoms with Crippen LogP contribution < -0.4 is 0 Å². The minimum absolute atomic E-state index is 0.107. The Labute approximate surface area is 139 Å². The monoisotopic (exact) mass is 329 g/mol. The standard InChI is InChI=1S/C15H19N7O2/c1-24-15(23)14-12(8-18-20-16)7-13(9-19-21-17)22(14)10-11-5-3-2-4-6-11/h2-6,12-14H,7-10H2,1H3/t12-,13+,14+/m1/s1. The number of hydrogen-bond donors (Lipinski definition) is 0. The summed E-state index contributed by atoms with van der Waals surface area (Å²) in [5, 5.41) is 7.28. The summed E-state index contributed by atoms with van der Waals surface area (Å²) in [5.41, 5.74) is 18.2. The summed E-state index contributed by atoms with van der Waals surface area (Å²) in [7, 11) is 1.34. The van der Waals surface area contributed by atoms with E-state index in [0.29, 0.717) is 13.0 Å². The molecule has 1 saturated heterocycles. The summed E-state index contributed by atoms with van der Waals surface area (Å²) in [5.74, 6) is -0.538. The van der Waals surface area contributed by atoms with E-state index in [4.69, 9.17) is 15.8 Å². The van der Waals surface area contributed by atoms with E-state index in [1.807, 2.05) is 35.2 Å². The third kappa shape index (κ3) is 4.17. The van der Waals surface area contributed by atoms with Crippen molar-refractivity contribution in [3.05, 3.63) is 56.8 Å². The second-order valence-corrected chi connectivity index (χ2v) is 5.60. The van der Waals surface area contributed by atoms with Gasteiger partial charge in [-0.15, -0.1) is 0 Å². The number of carbonyl (C=O) groups excluding carboxylic acids is 1. The highest BCUT2D eigenvalue weighted by molar-refractivity contribution is 5.76. The molecule has 1 heterocycles. The highest BCUT2D eigenvalue weighted by Crippen LogP contribution is 2.33. The van der Waals surface area contributed by atoms with Gasteiger partial charge in [-0.3, -0.25) is 9.69 Å². The van der Waals surface area contributed by atoms with E-state index in [-0.39, 0.29) is 31.0 Å². The predicted molar refractivity (Wildman–Crippen MR) is 87.7 cm³/mol. The molecule has 0 bridgehead atoms. The molecule has 0 unspecified atom stereocenters. The van der Waals surface area contributed by atoms with Crippen LogP contribution in [-0.2, 0) is 16.1 Å². The maximum Gasteiger partial charge on any atom is 0.323 e. The average Bonchev–Trinajstić information content (AvgIpc) is 2.95. The maximum atomic E-state index is 12.3. The fraction of sp³-hybridized carbons (Fsp3) is 0.533. The van der Waals surface area contributed by atoms with Gasteiger partial charge in [0, 0.05) is 35.5 Å². The number of nitrogens with zero attached hydrogens (tertiary/aromatic N) is 7. The third-order valence-corrected chi connectivity index (χ3v) is 4.23. The van der Waals surface area contributed by atoms with E-state index in [9.17, 15) is 4.79 Å². The van der Waals surface area contributed by atoms with Gasteiger partial charge in [-0.05, 0) is 29.0 Å². The number of methoxy groups -OCH3 is 1. The van der Waals surface area contributed by atoms with E-state index in [0.717, 1.165) is 5.56 Å². The van der Waals surface area contributed by atoms with E-state index >= 15 is 0 Å². The molecule has 1 aliphatic rings. The Morgan fingerprint density at radius 1 is 1.25 bits per heavy atom. The maximum absolute atomic E-state index is 12.3. The molecular formula is C15H19N7O2. The summed E-state index contributed by atoms with van der Waals surface area (Å²) in [4.78, 5) is 19.9. The van der Waals surface area contributed by atoms with Gasteiger partial charge in [0.1, 0.15) is 6.04 Å². The number of benzene rings is 1. The lowest BCUT2D eigenvalue weighted by atomic mass is 9.99. The van der Waals surface area contributed by atoms with Gasteiger partial charge in [0.05, 0.1) is 7.11 Å². The quantitative estimate of drug-likeness (QED) is 0.330. The van der Waals surface area contributed by atoms with E-state index in [1.165, 1.54) is 7.11 Å². The molecule has 1 fully saturated rings. The van der Waals surface area contributed by atoms with Crippen molar-refractivity contribution in [2.45, 2.75) is 25.0 Å². The van der Waals surface area contributed by atoms with Gasteiger partial charge in [-0.25, -0.2) is 0 Å². The number of azide groups is 2. The first kappa shape index (κ1) is 17.6. The van der Waals surface area contributed by atoms with Gasteiger partial charge in [-0.1, -0.05) is 40.6 Å². The molecule has 0 aliphatic carbocycles. The lowest BCUT2D eigenvalue weighted by molar-refractivity contribution is -0.147. The van der Waals surface area contributed by atoms with Crippen molar-refractivity contribution in [1.29, 1.82) is 0 Å². The zero-order valence-corrected chi connectivity index (χ0v) is 13.4. The summed E-state index contributed by atoms with van der Waals surface area (Å²) in [6.07, 6.45) is 0.602. The molecule has 2 rings (SSSR count). The molecule has 0 saturated carbocycles. The van der Waals surface area contributed by atoms with Crippen LogP contribution in [0.2, 0.25) is 0 Å². The topological polar surface area (TPSA) is 127 Å². The Kier molecular flexibility index (Phi) is 6.45. The van der Waals surface area contributed by atoms with Gasteiger partial charge in [0.25, 0.3) is 0 Å². The second kappa shape index (κ2) is 8.79. The highest BCUT2D eigenvalue weighted by atomic mass is 16.5. The molecule has 0 aromatic heterocycles. The molecule has 126 valence electrons. The molecule has 1 aromatic rings. The molecule has 9 heteroatoms. The fourth-order valence-corrected chi connectivity index (χ4v) is 3.21. The van der Waals surface area contributed by atoms with E-state index in [1.54, 1.807) is 0 Å². The Morgan fingerprint density at radius 2 is 1.92 bits per heavy atom. The van der Waals surface area contributed by atoms with Crippen LogP contribution in [-0.4, -0.2) is 43.2 Å². The summed E-state index contributed by atoms with van der Waals surface area (Å²) in [6, 6.07) is 9.09. The number of esters is 1. The number of rotatable bonds is 7. The SMILES string of the molecule is COC(=O)[C@@H]1[C@@H](CN=[N+]=[N-])C[C@@H](CN=[N+]=[N-])N1Cc1ccccc1. The zero-order valence-electron chi connectivity index (χ0n) is 13.4. The van der Waals surface area contributed by atoms with Gasteiger partial charge in [-0.2, -0.15) is 0 Å². The normalized spacial score (nSPS) is 23.1.